The van der Waals surface area contributed by atoms with Crippen molar-refractivity contribution in [3.05, 3.63) is 62.8 Å². The highest BCUT2D eigenvalue weighted by atomic mass is 35.5. The molecule has 0 radical (unpaired) electrons. The Bertz CT molecular complexity index is 646. The third-order valence-electron chi connectivity index (χ3n) is 2.36. The molecule has 6 heteroatoms. The van der Waals surface area contributed by atoms with E-state index in [1.165, 1.54) is 36.4 Å². The fourth-order valence-electron chi connectivity index (χ4n) is 1.41. The molecule has 0 aliphatic rings. The lowest BCUT2D eigenvalue weighted by atomic mass is 10.2. The Balaban J connectivity index is 2.20. The van der Waals surface area contributed by atoms with Crippen LogP contribution in [0.15, 0.2) is 36.4 Å². The van der Waals surface area contributed by atoms with Gasteiger partial charge in [0.05, 0.1) is 15.1 Å². The number of benzene rings is 2. The van der Waals surface area contributed by atoms with Crippen molar-refractivity contribution in [3.63, 3.8) is 0 Å². The minimum Gasteiger partial charge on any atom is -0.322 e. The Morgan fingerprint density at radius 2 is 1.68 bits per heavy atom. The molecule has 0 aliphatic heterocycles. The quantitative estimate of drug-likeness (QED) is 0.826. The molecule has 0 unspecified atom stereocenters. The summed E-state index contributed by atoms with van der Waals surface area (Å²) in [6, 6.07) is 8.42. The lowest BCUT2D eigenvalue weighted by Crippen LogP contribution is -2.11. The van der Waals surface area contributed by atoms with Gasteiger partial charge in [0, 0.05) is 11.3 Å². The summed E-state index contributed by atoms with van der Waals surface area (Å²) in [5, 5.41) is 3.17. The molecule has 0 bridgehead atoms. The van der Waals surface area contributed by atoms with Crippen LogP contribution >= 0.6 is 34.8 Å². The van der Waals surface area contributed by atoms with Crippen LogP contribution in [0.1, 0.15) is 10.4 Å². The van der Waals surface area contributed by atoms with Crippen molar-refractivity contribution in [1.82, 2.24) is 0 Å². The van der Waals surface area contributed by atoms with E-state index in [4.69, 9.17) is 34.8 Å². The minimum atomic E-state index is -0.547. The molecule has 2 rings (SSSR count). The van der Waals surface area contributed by atoms with Crippen LogP contribution < -0.4 is 5.32 Å². The molecule has 1 amide bonds. The first kappa shape index (κ1) is 14.1. The Morgan fingerprint density at radius 1 is 0.947 bits per heavy atom. The maximum Gasteiger partial charge on any atom is 0.255 e. The summed E-state index contributed by atoms with van der Waals surface area (Å²) in [6.45, 7) is 0. The smallest absolute Gasteiger partial charge is 0.255 e. The topological polar surface area (TPSA) is 29.1 Å². The number of rotatable bonds is 2. The van der Waals surface area contributed by atoms with Crippen LogP contribution in [0.5, 0.6) is 0 Å². The number of amides is 1. The van der Waals surface area contributed by atoms with Crippen molar-refractivity contribution in [3.8, 4) is 0 Å². The van der Waals surface area contributed by atoms with Gasteiger partial charge in [-0.15, -0.1) is 0 Å². The average molecular weight is 319 g/mol. The van der Waals surface area contributed by atoms with Gasteiger partial charge in [0.15, 0.2) is 0 Å². The second-order valence-electron chi connectivity index (χ2n) is 3.71. The van der Waals surface area contributed by atoms with Crippen molar-refractivity contribution in [2.45, 2.75) is 0 Å². The predicted molar refractivity (Wildman–Crippen MR) is 75.8 cm³/mol. The summed E-state index contributed by atoms with van der Waals surface area (Å²) in [4.78, 5) is 11.9. The molecule has 0 atom stereocenters. The molecule has 2 nitrogen and oxygen atoms in total. The Morgan fingerprint density at radius 3 is 2.32 bits per heavy atom. The highest BCUT2D eigenvalue weighted by Crippen LogP contribution is 2.24. The van der Waals surface area contributed by atoms with Crippen LogP contribution in [-0.2, 0) is 0 Å². The second-order valence-corrected chi connectivity index (χ2v) is 4.93. The number of carbonyl (C=O) groups excluding carboxylic acids is 1. The van der Waals surface area contributed by atoms with E-state index in [0.717, 1.165) is 0 Å². The van der Waals surface area contributed by atoms with Gasteiger partial charge in [-0.2, -0.15) is 0 Å². The molecule has 2 aromatic carbocycles. The van der Waals surface area contributed by atoms with Gasteiger partial charge < -0.3 is 5.32 Å². The summed E-state index contributed by atoms with van der Waals surface area (Å²) in [5.74, 6) is -0.935. The fraction of sp³-hybridized carbons (Fsp3) is 0. The molecule has 1 N–H and O–H groups in total. The largest absolute Gasteiger partial charge is 0.322 e. The molecule has 2 aromatic rings. The van der Waals surface area contributed by atoms with E-state index in [-0.39, 0.29) is 16.0 Å². The summed E-state index contributed by atoms with van der Waals surface area (Å²) in [6.07, 6.45) is 0. The Labute approximate surface area is 124 Å². The summed E-state index contributed by atoms with van der Waals surface area (Å²) >= 11 is 17.2. The highest BCUT2D eigenvalue weighted by molar-refractivity contribution is 6.42. The van der Waals surface area contributed by atoms with E-state index in [9.17, 15) is 9.18 Å². The van der Waals surface area contributed by atoms with Gasteiger partial charge in [-0.25, -0.2) is 4.39 Å². The van der Waals surface area contributed by atoms with Gasteiger partial charge in [-0.05, 0) is 36.4 Å². The molecule has 98 valence electrons. The van der Waals surface area contributed by atoms with Crippen molar-refractivity contribution in [2.75, 3.05) is 5.32 Å². The number of nitrogens with one attached hydrogen (secondary N) is 1. The standard InChI is InChI=1S/C13H7Cl3FNO/c14-9-3-1-7(5-10(9)15)13(19)18-8-2-4-12(17)11(16)6-8/h1-6H,(H,18,19). The zero-order valence-corrected chi connectivity index (χ0v) is 11.7. The van der Waals surface area contributed by atoms with Gasteiger partial charge in [-0.3, -0.25) is 4.79 Å². The normalized spacial score (nSPS) is 10.3. The van der Waals surface area contributed by atoms with Gasteiger partial charge in [-0.1, -0.05) is 34.8 Å². The monoisotopic (exact) mass is 317 g/mol. The van der Waals surface area contributed by atoms with Gasteiger partial charge >= 0.3 is 0 Å². The molecular formula is C13H7Cl3FNO. The average Bonchev–Trinajstić information content (AvgIpc) is 2.37. The van der Waals surface area contributed by atoms with E-state index in [1.54, 1.807) is 0 Å². The third kappa shape index (κ3) is 3.38. The van der Waals surface area contributed by atoms with Crippen LogP contribution in [0.25, 0.3) is 0 Å². The van der Waals surface area contributed by atoms with Crippen molar-refractivity contribution >= 4 is 46.4 Å². The van der Waals surface area contributed by atoms with Crippen LogP contribution in [0, 0.1) is 5.82 Å². The minimum absolute atomic E-state index is 0.0630. The molecule has 19 heavy (non-hydrogen) atoms. The Kier molecular flexibility index (Phi) is 4.30. The Hall–Kier alpha value is -1.29. The first-order valence-electron chi connectivity index (χ1n) is 5.19. The number of hydrogen-bond acceptors (Lipinski definition) is 1. The van der Waals surface area contributed by atoms with Crippen LogP contribution in [-0.4, -0.2) is 5.91 Å². The predicted octanol–water partition coefficient (Wildman–Crippen LogP) is 5.04. The molecule has 0 saturated heterocycles. The highest BCUT2D eigenvalue weighted by Gasteiger charge is 2.09. The number of anilines is 1. The third-order valence-corrected chi connectivity index (χ3v) is 3.39. The first-order chi connectivity index (χ1) is 8.97. The van der Waals surface area contributed by atoms with E-state index >= 15 is 0 Å². The lowest BCUT2D eigenvalue weighted by molar-refractivity contribution is 0.102. The SMILES string of the molecule is O=C(Nc1ccc(F)c(Cl)c1)c1ccc(Cl)c(Cl)c1. The van der Waals surface area contributed by atoms with Crippen molar-refractivity contribution < 1.29 is 9.18 Å². The van der Waals surface area contributed by atoms with E-state index < -0.39 is 5.82 Å². The zero-order chi connectivity index (χ0) is 14.0. The summed E-state index contributed by atoms with van der Waals surface area (Å²) in [7, 11) is 0. The second kappa shape index (κ2) is 5.78. The number of carbonyl (C=O) groups is 1. The van der Waals surface area contributed by atoms with Crippen LogP contribution in [0.3, 0.4) is 0 Å². The zero-order valence-electron chi connectivity index (χ0n) is 9.38. The molecular weight excluding hydrogens is 312 g/mol. The van der Waals surface area contributed by atoms with Crippen LogP contribution in [0.4, 0.5) is 10.1 Å². The maximum absolute atomic E-state index is 13.0. The molecule has 0 heterocycles. The van der Waals surface area contributed by atoms with Gasteiger partial charge in [0.25, 0.3) is 5.91 Å². The molecule has 0 fully saturated rings. The van der Waals surface area contributed by atoms with Crippen molar-refractivity contribution in [1.29, 1.82) is 0 Å². The summed E-state index contributed by atoms with van der Waals surface area (Å²) < 4.78 is 13.0. The van der Waals surface area contributed by atoms with Gasteiger partial charge in [0.1, 0.15) is 5.82 Å². The van der Waals surface area contributed by atoms with Gasteiger partial charge in [0.2, 0.25) is 0 Å². The van der Waals surface area contributed by atoms with E-state index in [2.05, 4.69) is 5.32 Å². The van der Waals surface area contributed by atoms with Crippen molar-refractivity contribution in [2.24, 2.45) is 0 Å². The lowest BCUT2D eigenvalue weighted by Gasteiger charge is -2.06. The number of halogens is 4. The fourth-order valence-corrected chi connectivity index (χ4v) is 1.89. The molecule has 0 aliphatic carbocycles. The van der Waals surface area contributed by atoms with Crippen LogP contribution in [0.2, 0.25) is 15.1 Å². The molecule has 0 aromatic heterocycles. The summed E-state index contributed by atoms with van der Waals surface area (Å²) in [5.41, 5.74) is 0.734. The molecule has 0 spiro atoms. The van der Waals surface area contributed by atoms with E-state index in [0.29, 0.717) is 16.3 Å². The first-order valence-corrected chi connectivity index (χ1v) is 6.32. The maximum atomic E-state index is 13.0. The van der Waals surface area contributed by atoms with E-state index in [1.807, 2.05) is 0 Å². The molecule has 0 saturated carbocycles. The number of hydrogen-bond donors (Lipinski definition) is 1.